The van der Waals surface area contributed by atoms with Crippen molar-refractivity contribution in [3.63, 3.8) is 0 Å². The molecule has 0 aliphatic carbocycles. The Morgan fingerprint density at radius 3 is 2.71 bits per heavy atom. The first kappa shape index (κ1) is 14.9. The molecule has 1 unspecified atom stereocenters. The molecule has 1 heterocycles. The standard InChI is InChI=1S/C14H30N2O/c1-4-7-14(8-6-9-15-12-14)13-16(5-2)10-11-17-3/h15H,4-13H2,1-3H3. The molecule has 0 aromatic rings. The summed E-state index contributed by atoms with van der Waals surface area (Å²) in [6.07, 6.45) is 5.37. The zero-order chi connectivity index (χ0) is 12.6. The van der Waals surface area contributed by atoms with Crippen LogP contribution in [0.3, 0.4) is 0 Å². The average Bonchev–Trinajstić information content (AvgIpc) is 2.36. The number of piperidine rings is 1. The minimum atomic E-state index is 0.511. The van der Waals surface area contributed by atoms with E-state index in [1.165, 1.54) is 45.3 Å². The van der Waals surface area contributed by atoms with Gasteiger partial charge in [0.15, 0.2) is 0 Å². The Labute approximate surface area is 107 Å². The smallest absolute Gasteiger partial charge is 0.0589 e. The minimum absolute atomic E-state index is 0.511. The van der Waals surface area contributed by atoms with Gasteiger partial charge in [0, 0.05) is 26.7 Å². The number of ether oxygens (including phenoxy) is 1. The predicted octanol–water partition coefficient (Wildman–Crippen LogP) is 2.12. The highest BCUT2D eigenvalue weighted by molar-refractivity contribution is 4.87. The van der Waals surface area contributed by atoms with Gasteiger partial charge in [-0.25, -0.2) is 0 Å². The molecule has 0 bridgehead atoms. The molecule has 1 aliphatic heterocycles. The molecule has 1 saturated heterocycles. The van der Waals surface area contributed by atoms with Crippen LogP contribution in [0.15, 0.2) is 0 Å². The Hall–Kier alpha value is -0.120. The molecule has 1 aliphatic rings. The minimum Gasteiger partial charge on any atom is -0.383 e. The molecule has 0 amide bonds. The normalized spacial score (nSPS) is 25.4. The summed E-state index contributed by atoms with van der Waals surface area (Å²) in [4.78, 5) is 2.55. The van der Waals surface area contributed by atoms with Gasteiger partial charge in [-0.1, -0.05) is 20.3 Å². The molecule has 0 aromatic heterocycles. The molecule has 3 heteroatoms. The number of likely N-dealkylation sites (N-methyl/N-ethyl adjacent to an activating group) is 1. The lowest BCUT2D eigenvalue weighted by Gasteiger charge is -2.41. The fourth-order valence-electron chi connectivity index (χ4n) is 3.03. The van der Waals surface area contributed by atoms with E-state index in [9.17, 15) is 0 Å². The van der Waals surface area contributed by atoms with E-state index >= 15 is 0 Å². The van der Waals surface area contributed by atoms with Gasteiger partial charge in [-0.2, -0.15) is 0 Å². The van der Waals surface area contributed by atoms with Crippen LogP contribution in [0.5, 0.6) is 0 Å². The number of nitrogens with one attached hydrogen (secondary N) is 1. The first-order chi connectivity index (χ1) is 8.26. The van der Waals surface area contributed by atoms with Crippen LogP contribution in [0, 0.1) is 5.41 Å². The predicted molar refractivity (Wildman–Crippen MR) is 73.4 cm³/mol. The maximum Gasteiger partial charge on any atom is 0.0589 e. The second-order valence-corrected chi connectivity index (χ2v) is 5.39. The number of nitrogens with zero attached hydrogens (tertiary/aromatic N) is 1. The van der Waals surface area contributed by atoms with Crippen LogP contribution in [0.2, 0.25) is 0 Å². The molecule has 1 fully saturated rings. The maximum atomic E-state index is 5.20. The second-order valence-electron chi connectivity index (χ2n) is 5.39. The highest BCUT2D eigenvalue weighted by Gasteiger charge is 2.32. The zero-order valence-corrected chi connectivity index (χ0v) is 11.9. The molecular formula is C14H30N2O. The van der Waals surface area contributed by atoms with Gasteiger partial charge in [-0.3, -0.25) is 0 Å². The van der Waals surface area contributed by atoms with Gasteiger partial charge in [0.25, 0.3) is 0 Å². The van der Waals surface area contributed by atoms with Crippen LogP contribution < -0.4 is 5.32 Å². The van der Waals surface area contributed by atoms with E-state index in [4.69, 9.17) is 4.74 Å². The van der Waals surface area contributed by atoms with Crippen LogP contribution in [-0.2, 0) is 4.74 Å². The van der Waals surface area contributed by atoms with Crippen molar-refractivity contribution in [1.82, 2.24) is 10.2 Å². The van der Waals surface area contributed by atoms with Crippen molar-refractivity contribution < 1.29 is 4.74 Å². The Bertz CT molecular complexity index is 185. The Kier molecular flexibility index (Phi) is 7.09. The number of hydrogen-bond donors (Lipinski definition) is 1. The van der Waals surface area contributed by atoms with Crippen molar-refractivity contribution in [2.45, 2.75) is 39.5 Å². The summed E-state index contributed by atoms with van der Waals surface area (Å²) in [5, 5.41) is 3.59. The molecule has 1 rings (SSSR count). The van der Waals surface area contributed by atoms with Crippen molar-refractivity contribution in [2.24, 2.45) is 5.41 Å². The number of hydrogen-bond acceptors (Lipinski definition) is 3. The third kappa shape index (κ3) is 4.94. The Balaban J connectivity index is 2.50. The van der Waals surface area contributed by atoms with E-state index in [1.807, 2.05) is 0 Å². The molecule has 102 valence electrons. The van der Waals surface area contributed by atoms with E-state index in [1.54, 1.807) is 7.11 Å². The quantitative estimate of drug-likeness (QED) is 0.705. The van der Waals surface area contributed by atoms with E-state index in [2.05, 4.69) is 24.1 Å². The van der Waals surface area contributed by atoms with Gasteiger partial charge in [-0.05, 0) is 37.8 Å². The fraction of sp³-hybridized carbons (Fsp3) is 1.00. The summed E-state index contributed by atoms with van der Waals surface area (Å²) in [6.45, 7) is 11.2. The first-order valence-corrected chi connectivity index (χ1v) is 7.18. The van der Waals surface area contributed by atoms with E-state index in [-0.39, 0.29) is 0 Å². The van der Waals surface area contributed by atoms with Crippen LogP contribution in [0.25, 0.3) is 0 Å². The van der Waals surface area contributed by atoms with E-state index < -0.39 is 0 Å². The van der Waals surface area contributed by atoms with Crippen molar-refractivity contribution in [3.8, 4) is 0 Å². The molecular weight excluding hydrogens is 212 g/mol. The van der Waals surface area contributed by atoms with Crippen molar-refractivity contribution >= 4 is 0 Å². The highest BCUT2D eigenvalue weighted by atomic mass is 16.5. The molecule has 0 spiro atoms. The molecule has 0 radical (unpaired) electrons. The fourth-order valence-corrected chi connectivity index (χ4v) is 3.03. The topological polar surface area (TPSA) is 24.5 Å². The molecule has 17 heavy (non-hydrogen) atoms. The van der Waals surface area contributed by atoms with Gasteiger partial charge in [0.2, 0.25) is 0 Å². The lowest BCUT2D eigenvalue weighted by molar-refractivity contribution is 0.0845. The van der Waals surface area contributed by atoms with Crippen molar-refractivity contribution in [1.29, 1.82) is 0 Å². The maximum absolute atomic E-state index is 5.20. The van der Waals surface area contributed by atoms with Crippen molar-refractivity contribution in [2.75, 3.05) is 46.4 Å². The van der Waals surface area contributed by atoms with Gasteiger partial charge in [0.05, 0.1) is 6.61 Å². The lowest BCUT2D eigenvalue weighted by atomic mass is 9.76. The van der Waals surface area contributed by atoms with Gasteiger partial charge < -0.3 is 15.0 Å². The van der Waals surface area contributed by atoms with Crippen LogP contribution in [0.4, 0.5) is 0 Å². The van der Waals surface area contributed by atoms with Crippen LogP contribution in [0.1, 0.15) is 39.5 Å². The van der Waals surface area contributed by atoms with E-state index in [0.717, 1.165) is 19.7 Å². The molecule has 0 saturated carbocycles. The third-order valence-corrected chi connectivity index (χ3v) is 3.96. The first-order valence-electron chi connectivity index (χ1n) is 7.18. The number of rotatable bonds is 8. The largest absolute Gasteiger partial charge is 0.383 e. The van der Waals surface area contributed by atoms with Crippen molar-refractivity contribution in [3.05, 3.63) is 0 Å². The molecule has 3 nitrogen and oxygen atoms in total. The third-order valence-electron chi connectivity index (χ3n) is 3.96. The van der Waals surface area contributed by atoms with Crippen LogP contribution in [-0.4, -0.2) is 51.3 Å². The highest BCUT2D eigenvalue weighted by Crippen LogP contribution is 2.32. The summed E-state index contributed by atoms with van der Waals surface area (Å²) in [5.41, 5.74) is 0.511. The lowest BCUT2D eigenvalue weighted by Crippen LogP contribution is -2.48. The van der Waals surface area contributed by atoms with Gasteiger partial charge in [0.1, 0.15) is 0 Å². The second kappa shape index (κ2) is 8.06. The Morgan fingerprint density at radius 1 is 1.35 bits per heavy atom. The number of methoxy groups -OCH3 is 1. The monoisotopic (exact) mass is 242 g/mol. The Morgan fingerprint density at radius 2 is 2.18 bits per heavy atom. The molecule has 1 atom stereocenters. The summed E-state index contributed by atoms with van der Waals surface area (Å²) < 4.78 is 5.20. The molecule has 1 N–H and O–H groups in total. The average molecular weight is 242 g/mol. The molecule has 0 aromatic carbocycles. The van der Waals surface area contributed by atoms with Gasteiger partial charge in [-0.15, -0.1) is 0 Å². The van der Waals surface area contributed by atoms with E-state index in [0.29, 0.717) is 5.41 Å². The summed E-state index contributed by atoms with van der Waals surface area (Å²) in [6, 6.07) is 0. The van der Waals surface area contributed by atoms with Gasteiger partial charge >= 0.3 is 0 Å². The SMILES string of the molecule is CCCC1(CN(CC)CCOC)CCCNC1. The summed E-state index contributed by atoms with van der Waals surface area (Å²) >= 11 is 0. The summed E-state index contributed by atoms with van der Waals surface area (Å²) in [7, 11) is 1.79. The summed E-state index contributed by atoms with van der Waals surface area (Å²) in [5.74, 6) is 0. The zero-order valence-electron chi connectivity index (χ0n) is 11.9. The van der Waals surface area contributed by atoms with Crippen LogP contribution >= 0.6 is 0 Å².